The molecule has 92 valence electrons. The van der Waals surface area contributed by atoms with Crippen molar-refractivity contribution in [3.05, 3.63) is 27.3 Å². The molecular weight excluding hydrogens is 326 g/mol. The summed E-state index contributed by atoms with van der Waals surface area (Å²) >= 11 is 2.27. The van der Waals surface area contributed by atoms with Gasteiger partial charge in [0.2, 0.25) is 0 Å². The molecule has 0 radical (unpaired) electrons. The molecule has 0 unspecified atom stereocenters. The van der Waals surface area contributed by atoms with Crippen LogP contribution >= 0.6 is 22.6 Å². The van der Waals surface area contributed by atoms with E-state index in [1.165, 1.54) is 0 Å². The van der Waals surface area contributed by atoms with Gasteiger partial charge < -0.3 is 10.3 Å². The van der Waals surface area contributed by atoms with E-state index in [4.69, 9.17) is 0 Å². The molecule has 2 N–H and O–H groups in total. The van der Waals surface area contributed by atoms with Crippen LogP contribution in [0.25, 0.3) is 0 Å². The lowest BCUT2D eigenvalue weighted by Gasteiger charge is -2.12. The molecule has 0 aliphatic heterocycles. The Hall–Kier alpha value is -0.555. The summed E-state index contributed by atoms with van der Waals surface area (Å²) in [5.41, 5.74) is 1.95. The van der Waals surface area contributed by atoms with Gasteiger partial charge in [-0.25, -0.2) is 0 Å². The van der Waals surface area contributed by atoms with E-state index < -0.39 is 7.05 Å². The quantitative estimate of drug-likeness (QED) is 0.503. The number of rotatable bonds is 3. The van der Waals surface area contributed by atoms with Crippen LogP contribution in [0.3, 0.4) is 0 Å². The zero-order valence-electron chi connectivity index (χ0n) is 10.7. The Labute approximate surface area is 117 Å². The SMILES string of the molecule is CB(O)Nc1ccc(C=NC(C)(C)C)c(I)c1. The van der Waals surface area contributed by atoms with Crippen LogP contribution in [0.5, 0.6) is 0 Å². The average molecular weight is 344 g/mol. The fourth-order valence-corrected chi connectivity index (χ4v) is 1.88. The summed E-state index contributed by atoms with van der Waals surface area (Å²) in [6, 6.07) is 5.94. The molecule has 1 aromatic rings. The molecule has 17 heavy (non-hydrogen) atoms. The molecule has 0 aliphatic rings. The van der Waals surface area contributed by atoms with Gasteiger partial charge in [0.25, 0.3) is 0 Å². The molecule has 1 rings (SSSR count). The minimum Gasteiger partial charge on any atom is -0.433 e. The van der Waals surface area contributed by atoms with Gasteiger partial charge in [-0.2, -0.15) is 0 Å². The summed E-state index contributed by atoms with van der Waals surface area (Å²) in [5, 5.41) is 12.2. The standard InChI is InChI=1S/C12H18BIN2O/c1-12(2,3)15-8-9-5-6-10(7-11(9)14)16-13(4)17/h5-8,16-17H,1-4H3. The van der Waals surface area contributed by atoms with E-state index in [9.17, 15) is 5.02 Å². The molecule has 0 bridgehead atoms. The van der Waals surface area contributed by atoms with Gasteiger partial charge in [0.1, 0.15) is 0 Å². The van der Waals surface area contributed by atoms with Gasteiger partial charge in [0.15, 0.2) is 0 Å². The molecule has 1 aromatic carbocycles. The minimum atomic E-state index is -0.542. The monoisotopic (exact) mass is 344 g/mol. The second-order valence-corrected chi connectivity index (χ2v) is 6.15. The summed E-state index contributed by atoms with van der Waals surface area (Å²) in [6.45, 7) is 7.90. The van der Waals surface area contributed by atoms with E-state index in [2.05, 4.69) is 53.6 Å². The zero-order chi connectivity index (χ0) is 13.1. The van der Waals surface area contributed by atoms with E-state index in [1.807, 2.05) is 24.4 Å². The molecule has 0 spiro atoms. The molecule has 3 nitrogen and oxygen atoms in total. The molecule has 0 saturated heterocycles. The molecule has 0 heterocycles. The van der Waals surface area contributed by atoms with Crippen LogP contribution in [0.15, 0.2) is 23.2 Å². The van der Waals surface area contributed by atoms with Crippen LogP contribution in [0.1, 0.15) is 26.3 Å². The molecule has 0 amide bonds. The molecule has 0 atom stereocenters. The smallest absolute Gasteiger partial charge is 0.406 e. The lowest BCUT2D eigenvalue weighted by molar-refractivity contribution is 0.586. The Bertz CT molecular complexity index is 413. The summed E-state index contributed by atoms with van der Waals surface area (Å²) < 4.78 is 1.11. The third-order valence-corrected chi connectivity index (χ3v) is 2.90. The lowest BCUT2D eigenvalue weighted by Crippen LogP contribution is -2.19. The molecule has 5 heteroatoms. The van der Waals surface area contributed by atoms with Crippen molar-refractivity contribution < 1.29 is 5.02 Å². The van der Waals surface area contributed by atoms with Gasteiger partial charge in [-0.1, -0.05) is 6.07 Å². The highest BCUT2D eigenvalue weighted by atomic mass is 127. The fraction of sp³-hybridized carbons (Fsp3) is 0.417. The van der Waals surface area contributed by atoms with Gasteiger partial charge in [-0.15, -0.1) is 0 Å². The van der Waals surface area contributed by atoms with Crippen molar-refractivity contribution in [2.24, 2.45) is 4.99 Å². The molecule has 0 aromatic heterocycles. The summed E-state index contributed by atoms with van der Waals surface area (Å²) in [5.74, 6) is 0. The van der Waals surface area contributed by atoms with E-state index in [0.29, 0.717) is 0 Å². The number of hydrogen-bond donors (Lipinski definition) is 2. The van der Waals surface area contributed by atoms with Gasteiger partial charge in [-0.3, -0.25) is 4.99 Å². The van der Waals surface area contributed by atoms with Crippen molar-refractivity contribution >= 4 is 41.5 Å². The maximum absolute atomic E-state index is 9.24. The second kappa shape index (κ2) is 5.86. The Kier molecular flexibility index (Phi) is 5.00. The summed E-state index contributed by atoms with van der Waals surface area (Å²) in [6.07, 6.45) is 1.90. The van der Waals surface area contributed by atoms with Crippen molar-refractivity contribution in [3.63, 3.8) is 0 Å². The Balaban J connectivity index is 2.87. The van der Waals surface area contributed by atoms with E-state index in [-0.39, 0.29) is 5.54 Å². The maximum Gasteiger partial charge on any atom is 0.406 e. The lowest BCUT2D eigenvalue weighted by atomic mass is 9.88. The number of aliphatic imine (C=N–C) groups is 1. The van der Waals surface area contributed by atoms with Crippen molar-refractivity contribution in [2.75, 3.05) is 5.23 Å². The highest BCUT2D eigenvalue weighted by Crippen LogP contribution is 2.17. The largest absolute Gasteiger partial charge is 0.433 e. The van der Waals surface area contributed by atoms with E-state index >= 15 is 0 Å². The number of benzene rings is 1. The first-order valence-electron chi connectivity index (χ1n) is 5.57. The highest BCUT2D eigenvalue weighted by Gasteiger charge is 2.07. The highest BCUT2D eigenvalue weighted by molar-refractivity contribution is 14.1. The average Bonchev–Trinajstić information content (AvgIpc) is 2.13. The van der Waals surface area contributed by atoms with Crippen LogP contribution in [0.2, 0.25) is 6.82 Å². The number of nitrogens with zero attached hydrogens (tertiary/aromatic N) is 1. The maximum atomic E-state index is 9.24. The predicted octanol–water partition coefficient (Wildman–Crippen LogP) is 3.03. The van der Waals surface area contributed by atoms with Crippen LogP contribution in [0.4, 0.5) is 5.69 Å². The van der Waals surface area contributed by atoms with Gasteiger partial charge >= 0.3 is 7.05 Å². The first-order chi connectivity index (χ1) is 7.78. The molecular formula is C12H18BIN2O. The minimum absolute atomic E-state index is 0.0559. The predicted molar refractivity (Wildman–Crippen MR) is 84.0 cm³/mol. The second-order valence-electron chi connectivity index (χ2n) is 4.99. The zero-order valence-corrected chi connectivity index (χ0v) is 12.8. The first-order valence-corrected chi connectivity index (χ1v) is 6.65. The van der Waals surface area contributed by atoms with Crippen molar-refractivity contribution in [2.45, 2.75) is 33.1 Å². The third kappa shape index (κ3) is 5.54. The van der Waals surface area contributed by atoms with E-state index in [1.54, 1.807) is 6.82 Å². The summed E-state index contributed by atoms with van der Waals surface area (Å²) in [4.78, 5) is 4.48. The van der Waals surface area contributed by atoms with Crippen molar-refractivity contribution in [1.82, 2.24) is 0 Å². The van der Waals surface area contributed by atoms with Crippen LogP contribution < -0.4 is 5.23 Å². The fourth-order valence-electron chi connectivity index (χ4n) is 1.23. The molecule has 0 saturated carbocycles. The number of halogens is 1. The summed E-state index contributed by atoms with van der Waals surface area (Å²) in [7, 11) is -0.542. The topological polar surface area (TPSA) is 44.6 Å². The van der Waals surface area contributed by atoms with Crippen LogP contribution in [0, 0.1) is 3.57 Å². The van der Waals surface area contributed by atoms with Gasteiger partial charge in [0.05, 0.1) is 5.54 Å². The number of anilines is 1. The number of hydrogen-bond acceptors (Lipinski definition) is 3. The Morgan fingerprint density at radius 2 is 2.06 bits per heavy atom. The van der Waals surface area contributed by atoms with Gasteiger partial charge in [-0.05, 0) is 62.3 Å². The molecule has 0 fully saturated rings. The van der Waals surface area contributed by atoms with Gasteiger partial charge in [0, 0.05) is 21.0 Å². The normalized spacial score (nSPS) is 11.9. The van der Waals surface area contributed by atoms with Crippen molar-refractivity contribution in [1.29, 1.82) is 0 Å². The Morgan fingerprint density at radius 1 is 1.41 bits per heavy atom. The van der Waals surface area contributed by atoms with Crippen LogP contribution in [-0.4, -0.2) is 23.8 Å². The third-order valence-electron chi connectivity index (χ3n) is 1.97. The molecule has 0 aliphatic carbocycles. The van der Waals surface area contributed by atoms with Crippen molar-refractivity contribution in [3.8, 4) is 0 Å². The van der Waals surface area contributed by atoms with Crippen LogP contribution in [-0.2, 0) is 0 Å². The first kappa shape index (κ1) is 14.5. The van der Waals surface area contributed by atoms with E-state index in [0.717, 1.165) is 14.8 Å². The number of nitrogens with one attached hydrogen (secondary N) is 1. The Morgan fingerprint density at radius 3 is 2.53 bits per heavy atom.